The number of hydrogen-bond donors (Lipinski definition) is 1. The van der Waals surface area contributed by atoms with Crippen LogP contribution < -0.4 is 9.46 Å². The highest BCUT2D eigenvalue weighted by molar-refractivity contribution is 7.92. The van der Waals surface area contributed by atoms with Gasteiger partial charge in [0.2, 0.25) is 0 Å². The normalized spacial score (nSPS) is 15.8. The van der Waals surface area contributed by atoms with E-state index in [4.69, 9.17) is 21.1 Å². The summed E-state index contributed by atoms with van der Waals surface area (Å²) in [7, 11) is -4.17. The van der Waals surface area contributed by atoms with E-state index in [1.54, 1.807) is 11.8 Å². The smallest absolute Gasteiger partial charge is 0.417 e. The highest BCUT2D eigenvalue weighted by atomic mass is 35.5. The molecule has 1 aliphatic rings. The second-order valence-corrected chi connectivity index (χ2v) is 9.06. The zero-order valence-electron chi connectivity index (χ0n) is 16.9. The Bertz CT molecular complexity index is 1070. The second-order valence-electron chi connectivity index (χ2n) is 6.97. The van der Waals surface area contributed by atoms with Crippen LogP contribution in [0.5, 0.6) is 5.75 Å². The number of halogens is 4. The first-order chi connectivity index (χ1) is 15.0. The number of benzene rings is 2. The molecule has 32 heavy (non-hydrogen) atoms. The summed E-state index contributed by atoms with van der Waals surface area (Å²) >= 11 is 5.56. The van der Waals surface area contributed by atoms with Crippen LogP contribution in [0.25, 0.3) is 0 Å². The minimum absolute atomic E-state index is 0.194. The average molecular weight is 493 g/mol. The van der Waals surface area contributed by atoms with Crippen molar-refractivity contribution in [2.75, 3.05) is 31.0 Å². The number of ether oxygens (including phenoxy) is 2. The molecule has 0 aliphatic carbocycles. The van der Waals surface area contributed by atoms with Crippen LogP contribution in [0.3, 0.4) is 0 Å². The molecular weight excluding hydrogens is 473 g/mol. The lowest BCUT2D eigenvalue weighted by molar-refractivity contribution is -0.142. The van der Waals surface area contributed by atoms with Crippen LogP contribution in [-0.2, 0) is 25.7 Å². The molecule has 3 rings (SSSR count). The number of carbonyl (C=O) groups is 1. The SMILES string of the molecule is C[C@@H](Oc1ccc(S(=O)(=O)Nc2ccc(Cl)c(C(F)(F)F)c2)cc1)C(=O)N1CCOCC1. The molecule has 1 aliphatic heterocycles. The quantitative estimate of drug-likeness (QED) is 0.663. The largest absolute Gasteiger partial charge is 0.481 e. The minimum atomic E-state index is -4.73. The van der Waals surface area contributed by atoms with E-state index in [0.29, 0.717) is 32.4 Å². The Labute approximate surface area is 188 Å². The molecule has 1 fully saturated rings. The first kappa shape index (κ1) is 24.1. The summed E-state index contributed by atoms with van der Waals surface area (Å²) in [5.41, 5.74) is -1.44. The lowest BCUT2D eigenvalue weighted by Gasteiger charge is -2.29. The van der Waals surface area contributed by atoms with Gasteiger partial charge in [0.1, 0.15) is 5.75 Å². The van der Waals surface area contributed by atoms with Crippen molar-refractivity contribution in [2.24, 2.45) is 0 Å². The van der Waals surface area contributed by atoms with E-state index in [1.807, 2.05) is 0 Å². The molecular formula is C20H20ClF3N2O5S. The van der Waals surface area contributed by atoms with E-state index in [9.17, 15) is 26.4 Å². The van der Waals surface area contributed by atoms with Gasteiger partial charge in [-0.2, -0.15) is 13.2 Å². The molecule has 0 spiro atoms. The number of morpholine rings is 1. The summed E-state index contributed by atoms with van der Waals surface area (Å²) in [5, 5.41) is -0.539. The van der Waals surface area contributed by atoms with Crippen molar-refractivity contribution in [1.82, 2.24) is 4.90 Å². The summed E-state index contributed by atoms with van der Waals surface area (Å²) in [6.07, 6.45) is -5.52. The highest BCUT2D eigenvalue weighted by Crippen LogP contribution is 2.36. The van der Waals surface area contributed by atoms with Crippen molar-refractivity contribution >= 4 is 33.2 Å². The number of nitrogens with one attached hydrogen (secondary N) is 1. The van der Waals surface area contributed by atoms with Crippen LogP contribution in [0.2, 0.25) is 5.02 Å². The van der Waals surface area contributed by atoms with Crippen molar-refractivity contribution in [1.29, 1.82) is 0 Å². The molecule has 0 saturated carbocycles. The second kappa shape index (κ2) is 9.55. The summed E-state index contributed by atoms with van der Waals surface area (Å²) in [6, 6.07) is 7.89. The van der Waals surface area contributed by atoms with Gasteiger partial charge in [0.15, 0.2) is 6.10 Å². The summed E-state index contributed by atoms with van der Waals surface area (Å²) in [6.45, 7) is 3.43. The van der Waals surface area contributed by atoms with Crippen LogP contribution in [0, 0.1) is 0 Å². The van der Waals surface area contributed by atoms with E-state index in [-0.39, 0.29) is 22.2 Å². The van der Waals surface area contributed by atoms with E-state index in [0.717, 1.165) is 12.1 Å². The third-order valence-electron chi connectivity index (χ3n) is 4.64. The van der Waals surface area contributed by atoms with Gasteiger partial charge in [0.05, 0.1) is 28.7 Å². The molecule has 12 heteroatoms. The van der Waals surface area contributed by atoms with Crippen molar-refractivity contribution in [3.05, 3.63) is 53.1 Å². The first-order valence-corrected chi connectivity index (χ1v) is 11.4. The lowest BCUT2D eigenvalue weighted by Crippen LogP contribution is -2.46. The van der Waals surface area contributed by atoms with Crippen LogP contribution in [0.15, 0.2) is 47.4 Å². The van der Waals surface area contributed by atoms with Gasteiger partial charge in [0, 0.05) is 18.8 Å². The molecule has 1 amide bonds. The van der Waals surface area contributed by atoms with Gasteiger partial charge in [-0.25, -0.2) is 8.42 Å². The highest BCUT2D eigenvalue weighted by Gasteiger charge is 2.33. The van der Waals surface area contributed by atoms with E-state index in [1.165, 1.54) is 24.3 Å². The van der Waals surface area contributed by atoms with Crippen molar-refractivity contribution in [2.45, 2.75) is 24.1 Å². The zero-order chi connectivity index (χ0) is 23.5. The predicted molar refractivity (Wildman–Crippen MR) is 111 cm³/mol. The minimum Gasteiger partial charge on any atom is -0.481 e. The van der Waals surface area contributed by atoms with Gasteiger partial charge in [-0.15, -0.1) is 0 Å². The Kier molecular flexibility index (Phi) is 7.21. The Morgan fingerprint density at radius 3 is 2.38 bits per heavy atom. The number of amides is 1. The van der Waals surface area contributed by atoms with Gasteiger partial charge < -0.3 is 14.4 Å². The molecule has 1 atom stereocenters. The Hall–Kier alpha value is -2.50. The maximum Gasteiger partial charge on any atom is 0.417 e. The Morgan fingerprint density at radius 2 is 1.78 bits per heavy atom. The molecule has 0 aromatic heterocycles. The van der Waals surface area contributed by atoms with Gasteiger partial charge >= 0.3 is 6.18 Å². The van der Waals surface area contributed by atoms with Crippen LogP contribution in [0.1, 0.15) is 12.5 Å². The standard InChI is InChI=1S/C20H20ClF3N2O5S/c1-13(19(27)26-8-10-30-11-9-26)31-15-3-5-16(6-4-15)32(28,29)25-14-2-7-18(21)17(12-14)20(22,23)24/h2-7,12-13,25H,8-11H2,1H3/t13-/m1/s1. The van der Waals surface area contributed by atoms with Crippen LogP contribution >= 0.6 is 11.6 Å². The number of alkyl halides is 3. The first-order valence-electron chi connectivity index (χ1n) is 9.50. The lowest BCUT2D eigenvalue weighted by atomic mass is 10.2. The number of rotatable bonds is 6. The predicted octanol–water partition coefficient (Wildman–Crippen LogP) is 3.79. The fourth-order valence-corrected chi connectivity index (χ4v) is 4.29. The number of hydrogen-bond acceptors (Lipinski definition) is 5. The van der Waals surface area contributed by atoms with Crippen LogP contribution in [0.4, 0.5) is 18.9 Å². The summed E-state index contributed by atoms with van der Waals surface area (Å²) in [5.74, 6) is 0.0544. The van der Waals surface area contributed by atoms with Crippen molar-refractivity contribution in [3.63, 3.8) is 0 Å². The average Bonchev–Trinajstić information content (AvgIpc) is 2.74. The molecule has 0 radical (unpaired) electrons. The van der Waals surface area contributed by atoms with Gasteiger partial charge in [-0.3, -0.25) is 9.52 Å². The zero-order valence-corrected chi connectivity index (χ0v) is 18.4. The molecule has 2 aromatic rings. The molecule has 0 bridgehead atoms. The topological polar surface area (TPSA) is 84.9 Å². The maximum atomic E-state index is 13.0. The van der Waals surface area contributed by atoms with Gasteiger partial charge in [0.25, 0.3) is 15.9 Å². The molecule has 0 unspecified atom stereocenters. The molecule has 1 N–H and O–H groups in total. The van der Waals surface area contributed by atoms with E-state index in [2.05, 4.69) is 4.72 Å². The summed E-state index contributed by atoms with van der Waals surface area (Å²) in [4.78, 5) is 13.8. The van der Waals surface area contributed by atoms with Crippen LogP contribution in [-0.4, -0.2) is 51.6 Å². The molecule has 174 valence electrons. The third kappa shape index (κ3) is 5.84. The number of carbonyl (C=O) groups excluding carboxylic acids is 1. The van der Waals surface area contributed by atoms with Gasteiger partial charge in [-0.05, 0) is 49.4 Å². The molecule has 1 saturated heterocycles. The molecule has 7 nitrogen and oxygen atoms in total. The molecule has 2 aromatic carbocycles. The van der Waals surface area contributed by atoms with Crippen molar-refractivity contribution < 1.29 is 35.9 Å². The Balaban J connectivity index is 1.69. The Morgan fingerprint density at radius 1 is 1.16 bits per heavy atom. The monoisotopic (exact) mass is 492 g/mol. The third-order valence-corrected chi connectivity index (χ3v) is 6.37. The van der Waals surface area contributed by atoms with E-state index < -0.39 is 32.9 Å². The van der Waals surface area contributed by atoms with Gasteiger partial charge in [-0.1, -0.05) is 11.6 Å². The fraction of sp³-hybridized carbons (Fsp3) is 0.350. The number of anilines is 1. The maximum absolute atomic E-state index is 13.0. The number of sulfonamides is 1. The number of nitrogens with zero attached hydrogens (tertiary/aromatic N) is 1. The van der Waals surface area contributed by atoms with Crippen molar-refractivity contribution in [3.8, 4) is 5.75 Å². The molecule has 1 heterocycles. The summed E-state index contributed by atoms with van der Waals surface area (Å²) < 4.78 is 77.0. The van der Waals surface area contributed by atoms with E-state index >= 15 is 0 Å². The fourth-order valence-electron chi connectivity index (χ4n) is 3.01.